The van der Waals surface area contributed by atoms with E-state index in [-0.39, 0.29) is 11.8 Å². The van der Waals surface area contributed by atoms with E-state index in [1.54, 1.807) is 6.08 Å². The summed E-state index contributed by atoms with van der Waals surface area (Å²) in [6.45, 7) is 6.69. The van der Waals surface area contributed by atoms with Crippen LogP contribution in [0, 0.1) is 20.8 Å². The molecular weight excluding hydrogens is 280 g/mol. The number of carbonyl (C=O) groups is 2. The minimum atomic E-state index is -0.453. The van der Waals surface area contributed by atoms with Crippen molar-refractivity contribution >= 4 is 17.9 Å². The minimum absolute atomic E-state index is 0.304. The molecule has 5 nitrogen and oxygen atoms in total. The molecule has 1 fully saturated rings. The van der Waals surface area contributed by atoms with Gasteiger partial charge in [0.1, 0.15) is 6.10 Å². The van der Waals surface area contributed by atoms with Crippen LogP contribution in [0.2, 0.25) is 0 Å². The second-order valence-electron chi connectivity index (χ2n) is 5.61. The summed E-state index contributed by atoms with van der Waals surface area (Å²) in [5.41, 5.74) is 9.25. The first-order valence-electron chi connectivity index (χ1n) is 7.44. The highest BCUT2D eigenvalue weighted by atomic mass is 16.5. The zero-order valence-electron chi connectivity index (χ0n) is 13.2. The highest BCUT2D eigenvalue weighted by molar-refractivity contribution is 5.93. The van der Waals surface area contributed by atoms with Crippen LogP contribution in [0.1, 0.15) is 35.1 Å². The molecule has 0 saturated carbocycles. The van der Waals surface area contributed by atoms with E-state index < -0.39 is 6.10 Å². The van der Waals surface area contributed by atoms with Gasteiger partial charge >= 0.3 is 0 Å². The maximum atomic E-state index is 11.7. The third-order valence-electron chi connectivity index (χ3n) is 3.83. The third-order valence-corrected chi connectivity index (χ3v) is 3.83. The van der Waals surface area contributed by atoms with Crippen molar-refractivity contribution in [2.24, 2.45) is 0 Å². The molecule has 1 atom stereocenters. The Hall–Kier alpha value is -2.14. The van der Waals surface area contributed by atoms with Gasteiger partial charge in [0.25, 0.3) is 11.8 Å². The van der Waals surface area contributed by atoms with Crippen LogP contribution in [0.3, 0.4) is 0 Å². The first-order chi connectivity index (χ1) is 10.5. The Bertz CT molecular complexity index is 602. The number of nitrogens with one attached hydrogen (secondary N) is 2. The number of rotatable bonds is 3. The number of carbonyl (C=O) groups excluding carboxylic acids is 2. The molecule has 0 spiro atoms. The smallest absolute Gasteiger partial charge is 0.267 e. The Morgan fingerprint density at radius 3 is 2.55 bits per heavy atom. The number of benzene rings is 1. The lowest BCUT2D eigenvalue weighted by Gasteiger charge is -2.10. The number of hydrazine groups is 1. The normalized spacial score (nSPS) is 17.7. The van der Waals surface area contributed by atoms with Gasteiger partial charge in [-0.05, 0) is 61.9 Å². The summed E-state index contributed by atoms with van der Waals surface area (Å²) in [6.07, 6.45) is 4.27. The van der Waals surface area contributed by atoms with Gasteiger partial charge in [0.2, 0.25) is 0 Å². The van der Waals surface area contributed by atoms with Crippen LogP contribution in [0.15, 0.2) is 18.2 Å². The van der Waals surface area contributed by atoms with Crippen LogP contribution in [0.4, 0.5) is 0 Å². The third kappa shape index (κ3) is 4.18. The highest BCUT2D eigenvalue weighted by Gasteiger charge is 2.23. The fraction of sp³-hybridized carbons (Fsp3) is 0.412. The van der Waals surface area contributed by atoms with Gasteiger partial charge in [0, 0.05) is 12.7 Å². The van der Waals surface area contributed by atoms with Crippen molar-refractivity contribution < 1.29 is 14.3 Å². The van der Waals surface area contributed by atoms with Crippen LogP contribution in [0.5, 0.6) is 0 Å². The van der Waals surface area contributed by atoms with Crippen molar-refractivity contribution in [2.45, 2.75) is 39.7 Å². The van der Waals surface area contributed by atoms with Gasteiger partial charge in [-0.25, -0.2) is 0 Å². The number of hydrogen-bond donors (Lipinski definition) is 2. The summed E-state index contributed by atoms with van der Waals surface area (Å²) in [4.78, 5) is 23.4. The maximum Gasteiger partial charge on any atom is 0.267 e. The van der Waals surface area contributed by atoms with Gasteiger partial charge in [0.05, 0.1) is 0 Å². The molecule has 0 radical (unpaired) electrons. The molecule has 22 heavy (non-hydrogen) atoms. The SMILES string of the molecule is Cc1cc(C)c(C=CC(=O)NNC(=O)C2CCCO2)cc1C. The van der Waals surface area contributed by atoms with Gasteiger partial charge in [-0.15, -0.1) is 0 Å². The predicted octanol–water partition coefficient (Wildman–Crippen LogP) is 1.95. The summed E-state index contributed by atoms with van der Waals surface area (Å²) in [5, 5.41) is 0. The van der Waals surface area contributed by atoms with Crippen LogP contribution < -0.4 is 10.9 Å². The van der Waals surface area contributed by atoms with E-state index in [2.05, 4.69) is 23.8 Å². The molecule has 2 amide bonds. The molecule has 1 aliphatic rings. The summed E-state index contributed by atoms with van der Waals surface area (Å²) in [6, 6.07) is 4.13. The largest absolute Gasteiger partial charge is 0.368 e. The Morgan fingerprint density at radius 2 is 1.86 bits per heavy atom. The molecule has 1 aliphatic heterocycles. The molecule has 2 N–H and O–H groups in total. The lowest BCUT2D eigenvalue weighted by atomic mass is 10.0. The standard InChI is InChI=1S/C17H22N2O3/c1-11-9-13(3)14(10-12(11)2)6-7-16(20)18-19-17(21)15-5-4-8-22-15/h6-7,9-10,15H,4-5,8H2,1-3H3,(H,18,20)(H,19,21). The van der Waals surface area contributed by atoms with Crippen molar-refractivity contribution in [2.75, 3.05) is 6.61 Å². The lowest BCUT2D eigenvalue weighted by Crippen LogP contribution is -2.45. The average Bonchev–Trinajstić information content (AvgIpc) is 3.01. The second-order valence-corrected chi connectivity index (χ2v) is 5.61. The molecule has 0 aliphatic carbocycles. The van der Waals surface area contributed by atoms with Crippen LogP contribution in [-0.2, 0) is 14.3 Å². The van der Waals surface area contributed by atoms with Gasteiger partial charge in [0.15, 0.2) is 0 Å². The minimum Gasteiger partial charge on any atom is -0.368 e. The van der Waals surface area contributed by atoms with Crippen molar-refractivity contribution in [3.8, 4) is 0 Å². The van der Waals surface area contributed by atoms with Crippen molar-refractivity contribution in [3.05, 3.63) is 40.5 Å². The maximum absolute atomic E-state index is 11.7. The topological polar surface area (TPSA) is 67.4 Å². The lowest BCUT2D eigenvalue weighted by molar-refractivity contribution is -0.133. The number of amides is 2. The van der Waals surface area contributed by atoms with Gasteiger partial charge in [-0.1, -0.05) is 12.1 Å². The summed E-state index contributed by atoms with van der Waals surface area (Å²) >= 11 is 0. The quantitative estimate of drug-likeness (QED) is 0.662. The molecular formula is C17H22N2O3. The summed E-state index contributed by atoms with van der Waals surface area (Å²) < 4.78 is 5.24. The second kappa shape index (κ2) is 7.22. The number of ether oxygens (including phenoxy) is 1. The molecule has 1 heterocycles. The molecule has 1 unspecified atom stereocenters. The van der Waals surface area contributed by atoms with Crippen LogP contribution >= 0.6 is 0 Å². The molecule has 0 aromatic heterocycles. The fourth-order valence-corrected chi connectivity index (χ4v) is 2.36. The van der Waals surface area contributed by atoms with E-state index in [4.69, 9.17) is 4.74 Å². The Labute approximate surface area is 130 Å². The van der Waals surface area contributed by atoms with Crippen LogP contribution in [0.25, 0.3) is 6.08 Å². The Kier molecular flexibility index (Phi) is 5.33. The number of hydrogen-bond acceptors (Lipinski definition) is 3. The molecule has 2 rings (SSSR count). The fourth-order valence-electron chi connectivity index (χ4n) is 2.36. The molecule has 1 aromatic carbocycles. The van der Waals surface area contributed by atoms with E-state index in [1.165, 1.54) is 17.2 Å². The first kappa shape index (κ1) is 16.2. The van der Waals surface area contributed by atoms with Crippen molar-refractivity contribution in [3.63, 3.8) is 0 Å². The zero-order chi connectivity index (χ0) is 16.1. The van der Waals surface area contributed by atoms with E-state index in [9.17, 15) is 9.59 Å². The first-order valence-corrected chi connectivity index (χ1v) is 7.44. The van der Waals surface area contributed by atoms with E-state index in [0.717, 1.165) is 17.5 Å². The molecule has 1 saturated heterocycles. The monoisotopic (exact) mass is 302 g/mol. The molecule has 118 valence electrons. The summed E-state index contributed by atoms with van der Waals surface area (Å²) in [7, 11) is 0. The van der Waals surface area contributed by atoms with E-state index in [1.807, 2.05) is 19.9 Å². The zero-order valence-corrected chi connectivity index (χ0v) is 13.2. The van der Waals surface area contributed by atoms with Gasteiger partial charge in [-0.2, -0.15) is 0 Å². The Balaban J connectivity index is 1.88. The predicted molar refractivity (Wildman–Crippen MR) is 84.9 cm³/mol. The van der Waals surface area contributed by atoms with Crippen LogP contribution in [-0.4, -0.2) is 24.5 Å². The van der Waals surface area contributed by atoms with Crippen molar-refractivity contribution in [1.82, 2.24) is 10.9 Å². The molecule has 1 aromatic rings. The molecule has 0 bridgehead atoms. The number of aryl methyl sites for hydroxylation is 3. The van der Waals surface area contributed by atoms with Gasteiger partial charge < -0.3 is 4.74 Å². The van der Waals surface area contributed by atoms with E-state index >= 15 is 0 Å². The Morgan fingerprint density at radius 1 is 1.14 bits per heavy atom. The molecule has 5 heteroatoms. The van der Waals surface area contributed by atoms with Crippen molar-refractivity contribution in [1.29, 1.82) is 0 Å². The van der Waals surface area contributed by atoms with Gasteiger partial charge in [-0.3, -0.25) is 20.4 Å². The highest BCUT2D eigenvalue weighted by Crippen LogP contribution is 2.16. The average molecular weight is 302 g/mol. The van der Waals surface area contributed by atoms with E-state index in [0.29, 0.717) is 13.0 Å². The summed E-state index contributed by atoms with van der Waals surface area (Å²) in [5.74, 6) is -0.675.